The van der Waals surface area contributed by atoms with Crippen LogP contribution < -0.4 is 20.7 Å². The first-order valence-electron chi connectivity index (χ1n) is 6.91. The predicted molar refractivity (Wildman–Crippen MR) is 83.7 cm³/mol. The van der Waals surface area contributed by atoms with E-state index in [0.717, 1.165) is 0 Å². The number of benzene rings is 1. The van der Waals surface area contributed by atoms with Crippen LogP contribution in [0.4, 0.5) is 11.4 Å². The van der Waals surface area contributed by atoms with Gasteiger partial charge in [-0.1, -0.05) is 13.8 Å². The van der Waals surface area contributed by atoms with Gasteiger partial charge in [0.25, 0.3) is 0 Å². The fourth-order valence-corrected chi connectivity index (χ4v) is 1.76. The number of methoxy groups -OCH3 is 1. The summed E-state index contributed by atoms with van der Waals surface area (Å²) in [6.07, 6.45) is 0.397. The van der Waals surface area contributed by atoms with E-state index < -0.39 is 0 Å². The Bertz CT molecular complexity index is 501. The third-order valence-corrected chi connectivity index (χ3v) is 2.70. The lowest BCUT2D eigenvalue weighted by Gasteiger charge is -2.12. The van der Waals surface area contributed by atoms with Gasteiger partial charge in [-0.05, 0) is 12.1 Å². The Morgan fingerprint density at radius 3 is 2.52 bits per heavy atom. The van der Waals surface area contributed by atoms with Crippen molar-refractivity contribution in [3.05, 3.63) is 18.2 Å². The van der Waals surface area contributed by atoms with Gasteiger partial charge in [-0.25, -0.2) is 0 Å². The zero-order chi connectivity index (χ0) is 15.8. The molecule has 0 aliphatic heterocycles. The molecule has 2 amide bonds. The second kappa shape index (κ2) is 8.26. The molecule has 0 fully saturated rings. The number of anilines is 2. The first-order valence-corrected chi connectivity index (χ1v) is 6.91. The van der Waals surface area contributed by atoms with Crippen LogP contribution in [0.25, 0.3) is 0 Å². The van der Waals surface area contributed by atoms with Crippen LogP contribution >= 0.6 is 0 Å². The molecule has 0 radical (unpaired) electrons. The van der Waals surface area contributed by atoms with Crippen LogP contribution in [0.15, 0.2) is 18.2 Å². The fraction of sp³-hybridized carbons (Fsp3) is 0.467. The Kier molecular flexibility index (Phi) is 6.68. The largest absolute Gasteiger partial charge is 0.494 e. The third-order valence-electron chi connectivity index (χ3n) is 2.70. The van der Waals surface area contributed by atoms with E-state index in [1.54, 1.807) is 18.2 Å². The Hall–Kier alpha value is -2.08. The first kappa shape index (κ1) is 17.0. The van der Waals surface area contributed by atoms with Crippen molar-refractivity contribution in [1.29, 1.82) is 0 Å². The SMILES string of the molecule is COc1cc(NC(=O)CCNC(C)C)ccc1NC(C)=O. The summed E-state index contributed by atoms with van der Waals surface area (Å²) in [6.45, 7) is 6.12. The lowest BCUT2D eigenvalue weighted by molar-refractivity contribution is -0.116. The van der Waals surface area contributed by atoms with Crippen molar-refractivity contribution < 1.29 is 14.3 Å². The van der Waals surface area contributed by atoms with E-state index >= 15 is 0 Å². The van der Waals surface area contributed by atoms with Gasteiger partial charge >= 0.3 is 0 Å². The second-order valence-electron chi connectivity index (χ2n) is 5.00. The molecule has 0 aliphatic carbocycles. The van der Waals surface area contributed by atoms with Gasteiger partial charge in [0.15, 0.2) is 0 Å². The van der Waals surface area contributed by atoms with Crippen LogP contribution in [0.2, 0.25) is 0 Å². The van der Waals surface area contributed by atoms with Gasteiger partial charge in [-0.3, -0.25) is 9.59 Å². The molecule has 1 aromatic rings. The van der Waals surface area contributed by atoms with E-state index in [1.807, 2.05) is 13.8 Å². The Morgan fingerprint density at radius 2 is 1.95 bits per heavy atom. The van der Waals surface area contributed by atoms with E-state index in [4.69, 9.17) is 4.74 Å². The smallest absolute Gasteiger partial charge is 0.225 e. The van der Waals surface area contributed by atoms with Crippen LogP contribution in [0.5, 0.6) is 5.75 Å². The van der Waals surface area contributed by atoms with Crippen molar-refractivity contribution in [3.8, 4) is 5.75 Å². The summed E-state index contributed by atoms with van der Waals surface area (Å²) in [5, 5.41) is 8.65. The highest BCUT2D eigenvalue weighted by Crippen LogP contribution is 2.27. The first-order chi connectivity index (χ1) is 9.92. The summed E-state index contributed by atoms with van der Waals surface area (Å²) in [5.74, 6) is 0.255. The molecule has 6 nitrogen and oxygen atoms in total. The summed E-state index contributed by atoms with van der Waals surface area (Å²) in [6, 6.07) is 5.46. The van der Waals surface area contributed by atoms with E-state index in [2.05, 4.69) is 16.0 Å². The molecule has 0 unspecified atom stereocenters. The molecule has 0 spiro atoms. The second-order valence-corrected chi connectivity index (χ2v) is 5.00. The highest BCUT2D eigenvalue weighted by atomic mass is 16.5. The quantitative estimate of drug-likeness (QED) is 0.718. The summed E-state index contributed by atoms with van der Waals surface area (Å²) >= 11 is 0. The molecule has 1 rings (SSSR count). The van der Waals surface area contributed by atoms with Crippen LogP contribution in [0, 0.1) is 0 Å². The molecule has 0 saturated heterocycles. The molecule has 3 N–H and O–H groups in total. The summed E-state index contributed by atoms with van der Waals surface area (Å²) < 4.78 is 5.20. The van der Waals surface area contributed by atoms with Crippen LogP contribution in [-0.2, 0) is 9.59 Å². The van der Waals surface area contributed by atoms with Gasteiger partial charge in [0.2, 0.25) is 11.8 Å². The molecule has 0 bridgehead atoms. The Labute approximate surface area is 125 Å². The molecule has 1 aromatic carbocycles. The van der Waals surface area contributed by atoms with Gasteiger partial charge in [-0.2, -0.15) is 0 Å². The van der Waals surface area contributed by atoms with Gasteiger partial charge in [0.1, 0.15) is 5.75 Å². The molecule has 0 heterocycles. The van der Waals surface area contributed by atoms with Crippen molar-refractivity contribution in [2.24, 2.45) is 0 Å². The molecule has 0 atom stereocenters. The van der Waals surface area contributed by atoms with Crippen molar-refractivity contribution in [2.45, 2.75) is 33.2 Å². The average molecular weight is 293 g/mol. The van der Waals surface area contributed by atoms with Gasteiger partial charge in [0.05, 0.1) is 12.8 Å². The number of hydrogen-bond acceptors (Lipinski definition) is 4. The van der Waals surface area contributed by atoms with Gasteiger partial charge < -0.3 is 20.7 Å². The van der Waals surface area contributed by atoms with Crippen LogP contribution in [0.3, 0.4) is 0 Å². The fourth-order valence-electron chi connectivity index (χ4n) is 1.76. The summed E-state index contributed by atoms with van der Waals surface area (Å²) in [7, 11) is 1.51. The molecule has 0 saturated carbocycles. The lowest BCUT2D eigenvalue weighted by atomic mass is 10.2. The van der Waals surface area contributed by atoms with Crippen molar-refractivity contribution in [3.63, 3.8) is 0 Å². The number of ether oxygens (including phenoxy) is 1. The highest BCUT2D eigenvalue weighted by molar-refractivity contribution is 5.93. The average Bonchev–Trinajstić information content (AvgIpc) is 2.39. The molecule has 0 aromatic heterocycles. The third kappa shape index (κ3) is 6.27. The zero-order valence-electron chi connectivity index (χ0n) is 12.9. The van der Waals surface area contributed by atoms with Gasteiger partial charge in [-0.15, -0.1) is 0 Å². The summed E-state index contributed by atoms with van der Waals surface area (Å²) in [4.78, 5) is 22.9. The zero-order valence-corrected chi connectivity index (χ0v) is 12.9. The van der Waals surface area contributed by atoms with Gasteiger partial charge in [0, 0.05) is 37.7 Å². The van der Waals surface area contributed by atoms with E-state index in [0.29, 0.717) is 36.1 Å². The predicted octanol–water partition coefficient (Wildman–Crippen LogP) is 1.98. The topological polar surface area (TPSA) is 79.5 Å². The number of carbonyl (C=O) groups excluding carboxylic acids is 2. The number of amides is 2. The minimum Gasteiger partial charge on any atom is -0.494 e. The van der Waals surface area contributed by atoms with Crippen molar-refractivity contribution >= 4 is 23.2 Å². The lowest BCUT2D eigenvalue weighted by Crippen LogP contribution is -2.27. The van der Waals surface area contributed by atoms with Crippen LogP contribution in [-0.4, -0.2) is 31.5 Å². The minimum absolute atomic E-state index is 0.0718. The minimum atomic E-state index is -0.176. The van der Waals surface area contributed by atoms with Crippen molar-refractivity contribution in [1.82, 2.24) is 5.32 Å². The molecule has 21 heavy (non-hydrogen) atoms. The Morgan fingerprint density at radius 1 is 1.24 bits per heavy atom. The van der Waals surface area contributed by atoms with Crippen LogP contribution in [0.1, 0.15) is 27.2 Å². The molecular weight excluding hydrogens is 270 g/mol. The standard InChI is InChI=1S/C15H23N3O3/c1-10(2)16-8-7-15(20)18-12-5-6-13(17-11(3)19)14(9-12)21-4/h5-6,9-10,16H,7-8H2,1-4H3,(H,17,19)(H,18,20). The molecule has 6 heteroatoms. The van der Waals surface area contributed by atoms with E-state index in [1.165, 1.54) is 14.0 Å². The summed E-state index contributed by atoms with van der Waals surface area (Å²) in [5.41, 5.74) is 1.21. The maximum absolute atomic E-state index is 11.8. The van der Waals surface area contributed by atoms with E-state index in [9.17, 15) is 9.59 Å². The molecule has 116 valence electrons. The number of carbonyl (C=O) groups is 2. The number of rotatable bonds is 7. The highest BCUT2D eigenvalue weighted by Gasteiger charge is 2.08. The van der Waals surface area contributed by atoms with Crippen molar-refractivity contribution in [2.75, 3.05) is 24.3 Å². The van der Waals surface area contributed by atoms with E-state index in [-0.39, 0.29) is 11.8 Å². The molecule has 0 aliphatic rings. The number of hydrogen-bond donors (Lipinski definition) is 3. The number of nitrogens with one attached hydrogen (secondary N) is 3. The maximum Gasteiger partial charge on any atom is 0.225 e. The maximum atomic E-state index is 11.8. The molecular formula is C15H23N3O3. The normalized spacial score (nSPS) is 10.3. The Balaban J connectivity index is 2.63. The monoisotopic (exact) mass is 293 g/mol.